The monoisotopic (exact) mass is 474 g/mol. The van der Waals surface area contributed by atoms with Gasteiger partial charge in [0, 0.05) is 11.6 Å². The Morgan fingerprint density at radius 3 is 2.41 bits per heavy atom. The Bertz CT molecular complexity index is 948. The number of alkyl halides is 4. The van der Waals surface area contributed by atoms with E-state index in [0.717, 1.165) is 24.4 Å². The molecule has 29 heavy (non-hydrogen) atoms. The van der Waals surface area contributed by atoms with Crippen LogP contribution in [0.4, 0.5) is 23.2 Å². The largest absolute Gasteiger partial charge is 0.435 e. The van der Waals surface area contributed by atoms with Crippen LogP contribution in [-0.2, 0) is 0 Å². The van der Waals surface area contributed by atoms with Crippen LogP contribution >= 0.6 is 34.8 Å². The average Bonchev–Trinajstić information content (AvgIpc) is 2.63. The lowest BCUT2D eigenvalue weighted by atomic mass is 10.2. The molecule has 1 aromatic carbocycles. The summed E-state index contributed by atoms with van der Waals surface area (Å²) < 4.78 is 57.9. The van der Waals surface area contributed by atoms with Gasteiger partial charge in [0.25, 0.3) is 5.91 Å². The molecular formula is C15H9Cl3F4N4O3. The molecule has 0 saturated heterocycles. The Labute approximate surface area is 175 Å². The van der Waals surface area contributed by atoms with Crippen LogP contribution in [0.2, 0.25) is 15.2 Å². The minimum atomic E-state index is -3.25. The standard InChI is InChI=1S/C15H9Cl3F4N4O3/c16-8-10(23)9(17)12(18)25-11(8)13(27)26-24-4-5-1-2-6(28-14(19)20)3-7(5)29-15(21)22/h1-4,14-15H,(H2,23,25)(H,26,27)/b24-4+. The number of aromatic nitrogens is 1. The molecule has 0 radical (unpaired) electrons. The van der Waals surface area contributed by atoms with E-state index in [1.807, 2.05) is 5.43 Å². The van der Waals surface area contributed by atoms with Crippen molar-refractivity contribution in [3.05, 3.63) is 44.7 Å². The number of hydrazone groups is 1. The van der Waals surface area contributed by atoms with E-state index in [4.69, 9.17) is 40.5 Å². The fourth-order valence-corrected chi connectivity index (χ4v) is 2.48. The molecule has 0 saturated carbocycles. The maximum absolute atomic E-state index is 12.5. The summed E-state index contributed by atoms with van der Waals surface area (Å²) in [7, 11) is 0. The van der Waals surface area contributed by atoms with Crippen LogP contribution in [0.15, 0.2) is 23.3 Å². The summed E-state index contributed by atoms with van der Waals surface area (Å²) in [4.78, 5) is 15.8. The van der Waals surface area contributed by atoms with Crippen LogP contribution in [0.1, 0.15) is 16.1 Å². The highest BCUT2D eigenvalue weighted by molar-refractivity contribution is 6.46. The average molecular weight is 476 g/mol. The SMILES string of the molecule is Nc1c(Cl)c(Cl)nc(C(=O)N/N=C/c2ccc(OC(F)F)cc2OC(F)F)c1Cl. The van der Waals surface area contributed by atoms with Gasteiger partial charge in [0.15, 0.2) is 10.8 Å². The number of nitrogen functional groups attached to an aromatic ring is 1. The van der Waals surface area contributed by atoms with Gasteiger partial charge in [-0.2, -0.15) is 22.7 Å². The summed E-state index contributed by atoms with van der Waals surface area (Å²) in [5.41, 5.74) is 6.97. The van der Waals surface area contributed by atoms with Crippen molar-refractivity contribution in [2.24, 2.45) is 5.10 Å². The van der Waals surface area contributed by atoms with Gasteiger partial charge < -0.3 is 15.2 Å². The van der Waals surface area contributed by atoms with Crippen molar-refractivity contribution in [2.75, 3.05) is 5.73 Å². The molecule has 0 aliphatic rings. The number of ether oxygens (including phenoxy) is 2. The molecule has 0 unspecified atom stereocenters. The van der Waals surface area contributed by atoms with Crippen molar-refractivity contribution in [2.45, 2.75) is 13.2 Å². The van der Waals surface area contributed by atoms with Crippen LogP contribution < -0.4 is 20.6 Å². The first-order valence-corrected chi connectivity index (χ1v) is 8.40. The van der Waals surface area contributed by atoms with E-state index in [2.05, 4.69) is 19.6 Å². The molecule has 7 nitrogen and oxygen atoms in total. The number of nitrogens with two attached hydrogens (primary N) is 1. The molecule has 1 amide bonds. The van der Waals surface area contributed by atoms with Gasteiger partial charge in [0.05, 0.1) is 16.9 Å². The topological polar surface area (TPSA) is 98.8 Å². The zero-order valence-electron chi connectivity index (χ0n) is 13.8. The summed E-state index contributed by atoms with van der Waals surface area (Å²) >= 11 is 17.4. The van der Waals surface area contributed by atoms with Crippen molar-refractivity contribution in [1.29, 1.82) is 0 Å². The van der Waals surface area contributed by atoms with Crippen LogP contribution in [0.3, 0.4) is 0 Å². The maximum Gasteiger partial charge on any atom is 0.387 e. The number of benzene rings is 1. The number of carbonyl (C=O) groups is 1. The van der Waals surface area contributed by atoms with Gasteiger partial charge in [-0.05, 0) is 12.1 Å². The lowest BCUT2D eigenvalue weighted by molar-refractivity contribution is -0.0543. The molecule has 2 rings (SSSR count). The number of nitrogens with one attached hydrogen (secondary N) is 1. The third kappa shape index (κ3) is 5.99. The quantitative estimate of drug-likeness (QED) is 0.264. The molecule has 3 N–H and O–H groups in total. The van der Waals surface area contributed by atoms with E-state index < -0.39 is 30.6 Å². The lowest BCUT2D eigenvalue weighted by Crippen LogP contribution is -2.20. The number of anilines is 1. The summed E-state index contributed by atoms with van der Waals surface area (Å²) in [5.74, 6) is -1.88. The Hall–Kier alpha value is -2.50. The molecular weight excluding hydrogens is 467 g/mol. The van der Waals surface area contributed by atoms with Crippen LogP contribution in [0.25, 0.3) is 0 Å². The zero-order chi connectivity index (χ0) is 21.7. The first-order chi connectivity index (χ1) is 13.6. The molecule has 0 atom stereocenters. The number of halogens is 7. The summed E-state index contributed by atoms with van der Waals surface area (Å²) in [5, 5.41) is 2.85. The molecule has 0 aliphatic carbocycles. The minimum Gasteiger partial charge on any atom is -0.435 e. The van der Waals surface area contributed by atoms with E-state index in [9.17, 15) is 22.4 Å². The van der Waals surface area contributed by atoms with Crippen LogP contribution in [0.5, 0.6) is 11.5 Å². The van der Waals surface area contributed by atoms with Gasteiger partial charge in [-0.25, -0.2) is 10.4 Å². The van der Waals surface area contributed by atoms with Crippen molar-refractivity contribution in [3.63, 3.8) is 0 Å². The van der Waals surface area contributed by atoms with Crippen LogP contribution in [0, 0.1) is 0 Å². The second-order valence-electron chi connectivity index (χ2n) is 4.95. The second-order valence-corrected chi connectivity index (χ2v) is 6.06. The summed E-state index contributed by atoms with van der Waals surface area (Å²) in [6.07, 6.45) is 0.913. The highest BCUT2D eigenvalue weighted by Crippen LogP contribution is 2.34. The third-order valence-corrected chi connectivity index (χ3v) is 4.22. The van der Waals surface area contributed by atoms with Gasteiger partial charge in [-0.1, -0.05) is 34.8 Å². The van der Waals surface area contributed by atoms with E-state index in [1.54, 1.807) is 0 Å². The molecule has 2 aromatic rings. The zero-order valence-corrected chi connectivity index (χ0v) is 16.1. The first kappa shape index (κ1) is 22.8. The summed E-state index contributed by atoms with van der Waals surface area (Å²) in [6, 6.07) is 2.97. The molecule has 1 heterocycles. The van der Waals surface area contributed by atoms with E-state index in [-0.39, 0.29) is 32.1 Å². The Balaban J connectivity index is 2.22. The van der Waals surface area contributed by atoms with Gasteiger partial charge in [-0.15, -0.1) is 0 Å². The van der Waals surface area contributed by atoms with E-state index >= 15 is 0 Å². The number of pyridine rings is 1. The van der Waals surface area contributed by atoms with Gasteiger partial charge in [0.1, 0.15) is 16.5 Å². The number of carbonyl (C=O) groups excluding carboxylic acids is 1. The highest BCUT2D eigenvalue weighted by Gasteiger charge is 2.19. The number of hydrogen-bond acceptors (Lipinski definition) is 6. The van der Waals surface area contributed by atoms with Crippen molar-refractivity contribution in [3.8, 4) is 11.5 Å². The Morgan fingerprint density at radius 2 is 1.79 bits per heavy atom. The Morgan fingerprint density at radius 1 is 1.14 bits per heavy atom. The van der Waals surface area contributed by atoms with Crippen molar-refractivity contribution < 1.29 is 31.8 Å². The molecule has 0 spiro atoms. The van der Waals surface area contributed by atoms with Gasteiger partial charge >= 0.3 is 13.2 Å². The molecule has 1 aromatic heterocycles. The number of nitrogens with zero attached hydrogens (tertiary/aromatic N) is 2. The number of rotatable bonds is 7. The van der Waals surface area contributed by atoms with Crippen molar-refractivity contribution in [1.82, 2.24) is 10.4 Å². The Kier molecular flexibility index (Phi) is 7.71. The molecule has 0 fully saturated rings. The normalized spacial score (nSPS) is 11.3. The fourth-order valence-electron chi connectivity index (χ4n) is 1.89. The fraction of sp³-hybridized carbons (Fsp3) is 0.133. The molecule has 14 heteroatoms. The molecule has 0 aliphatic heterocycles. The number of amides is 1. The first-order valence-electron chi connectivity index (χ1n) is 7.27. The maximum atomic E-state index is 12.5. The predicted octanol–water partition coefficient (Wildman–Crippen LogP) is 4.59. The van der Waals surface area contributed by atoms with Crippen molar-refractivity contribution >= 4 is 52.6 Å². The second kappa shape index (κ2) is 9.81. The van der Waals surface area contributed by atoms with E-state index in [1.165, 1.54) is 0 Å². The van der Waals surface area contributed by atoms with Gasteiger partial charge in [0.2, 0.25) is 0 Å². The van der Waals surface area contributed by atoms with Crippen LogP contribution in [-0.4, -0.2) is 30.3 Å². The summed E-state index contributed by atoms with van der Waals surface area (Å²) in [6.45, 7) is -6.41. The minimum absolute atomic E-state index is 0.0834. The van der Waals surface area contributed by atoms with Gasteiger partial charge in [-0.3, -0.25) is 4.79 Å². The predicted molar refractivity (Wildman–Crippen MR) is 98.4 cm³/mol. The highest BCUT2D eigenvalue weighted by atomic mass is 35.5. The molecule has 156 valence electrons. The third-order valence-electron chi connectivity index (χ3n) is 3.08. The smallest absolute Gasteiger partial charge is 0.387 e. The molecule has 0 bridgehead atoms. The number of hydrogen-bond donors (Lipinski definition) is 2. The lowest BCUT2D eigenvalue weighted by Gasteiger charge is -2.11. The van der Waals surface area contributed by atoms with E-state index in [0.29, 0.717) is 0 Å².